The summed E-state index contributed by atoms with van der Waals surface area (Å²) in [4.78, 5) is 2.12. The van der Waals surface area contributed by atoms with Gasteiger partial charge in [0.2, 0.25) is 5.13 Å². The van der Waals surface area contributed by atoms with Crippen LogP contribution >= 0.6 is 11.3 Å². The van der Waals surface area contributed by atoms with Gasteiger partial charge in [-0.05, 0) is 24.7 Å². The van der Waals surface area contributed by atoms with Gasteiger partial charge >= 0.3 is 0 Å². The summed E-state index contributed by atoms with van der Waals surface area (Å²) in [5.74, 6) is -0.204. The summed E-state index contributed by atoms with van der Waals surface area (Å²) in [7, 11) is 3.83. The van der Waals surface area contributed by atoms with Crippen molar-refractivity contribution in [1.29, 1.82) is 0 Å². The molecule has 2 rings (SSSR count). The van der Waals surface area contributed by atoms with Crippen molar-refractivity contribution in [2.75, 3.05) is 19.4 Å². The molecule has 4 nitrogen and oxygen atoms in total. The molecule has 0 aliphatic carbocycles. The minimum absolute atomic E-state index is 0.204. The van der Waals surface area contributed by atoms with E-state index >= 15 is 0 Å². The Morgan fingerprint density at radius 2 is 1.94 bits per heavy atom. The monoisotopic (exact) mass is 266 g/mol. The van der Waals surface area contributed by atoms with Crippen LogP contribution in [0.3, 0.4) is 0 Å². The highest BCUT2D eigenvalue weighted by atomic mass is 32.1. The van der Waals surface area contributed by atoms with E-state index in [-0.39, 0.29) is 5.82 Å². The first kappa shape index (κ1) is 12.9. The van der Waals surface area contributed by atoms with Crippen LogP contribution in [0.5, 0.6) is 0 Å². The van der Waals surface area contributed by atoms with Gasteiger partial charge in [0, 0.05) is 13.6 Å². The predicted octanol–water partition coefficient (Wildman–Crippen LogP) is 2.35. The summed E-state index contributed by atoms with van der Waals surface area (Å²) in [6.07, 6.45) is 0. The molecule has 0 saturated carbocycles. The van der Waals surface area contributed by atoms with Crippen LogP contribution in [0.1, 0.15) is 10.6 Å². The van der Waals surface area contributed by atoms with Crippen LogP contribution in [0.15, 0.2) is 24.3 Å². The second-order valence-corrected chi connectivity index (χ2v) is 5.11. The maximum absolute atomic E-state index is 12.8. The quantitative estimate of drug-likeness (QED) is 0.902. The standard InChI is InChI=1S/C12H15FN4S/c1-14-12-16-15-11(18-12)8-17(2)7-9-3-5-10(13)6-4-9/h3-6H,7-8H2,1-2H3,(H,14,16). The van der Waals surface area contributed by atoms with Crippen LogP contribution in [0.25, 0.3) is 0 Å². The van der Waals surface area contributed by atoms with Gasteiger partial charge in [0.25, 0.3) is 0 Å². The lowest BCUT2D eigenvalue weighted by molar-refractivity contribution is 0.317. The van der Waals surface area contributed by atoms with Crippen molar-refractivity contribution in [1.82, 2.24) is 15.1 Å². The molecule has 0 radical (unpaired) electrons. The van der Waals surface area contributed by atoms with E-state index in [0.717, 1.165) is 28.8 Å². The summed E-state index contributed by atoms with van der Waals surface area (Å²) in [5, 5.41) is 12.8. The first-order valence-electron chi connectivity index (χ1n) is 5.60. The average Bonchev–Trinajstić information content (AvgIpc) is 2.79. The molecule has 1 aromatic heterocycles. The molecule has 18 heavy (non-hydrogen) atoms. The van der Waals surface area contributed by atoms with E-state index in [2.05, 4.69) is 20.4 Å². The molecule has 1 aromatic carbocycles. The third-order valence-corrected chi connectivity index (χ3v) is 3.38. The molecule has 0 saturated heterocycles. The van der Waals surface area contributed by atoms with E-state index in [1.165, 1.54) is 23.5 Å². The number of halogens is 1. The number of nitrogens with zero attached hydrogens (tertiary/aromatic N) is 3. The van der Waals surface area contributed by atoms with Gasteiger partial charge in [-0.25, -0.2) is 4.39 Å². The van der Waals surface area contributed by atoms with Crippen LogP contribution < -0.4 is 5.32 Å². The maximum atomic E-state index is 12.8. The van der Waals surface area contributed by atoms with Gasteiger partial charge < -0.3 is 5.32 Å². The molecular weight excluding hydrogens is 251 g/mol. The molecule has 0 fully saturated rings. The number of nitrogens with one attached hydrogen (secondary N) is 1. The minimum atomic E-state index is -0.204. The Hall–Kier alpha value is -1.53. The highest BCUT2D eigenvalue weighted by molar-refractivity contribution is 7.15. The normalized spacial score (nSPS) is 10.9. The van der Waals surface area contributed by atoms with Crippen molar-refractivity contribution < 1.29 is 4.39 Å². The Morgan fingerprint density at radius 3 is 2.56 bits per heavy atom. The molecule has 0 spiro atoms. The second kappa shape index (κ2) is 5.88. The lowest BCUT2D eigenvalue weighted by Crippen LogP contribution is -2.17. The number of anilines is 1. The van der Waals surface area contributed by atoms with Crippen LogP contribution in [-0.4, -0.2) is 29.2 Å². The maximum Gasteiger partial charge on any atom is 0.205 e. The summed E-state index contributed by atoms with van der Waals surface area (Å²) in [6.45, 7) is 1.49. The minimum Gasteiger partial charge on any atom is -0.363 e. The predicted molar refractivity (Wildman–Crippen MR) is 71.0 cm³/mol. The fraction of sp³-hybridized carbons (Fsp3) is 0.333. The van der Waals surface area contributed by atoms with Crippen molar-refractivity contribution in [2.24, 2.45) is 0 Å². The fourth-order valence-electron chi connectivity index (χ4n) is 1.61. The molecule has 96 valence electrons. The fourth-order valence-corrected chi connectivity index (χ4v) is 2.38. The Balaban J connectivity index is 1.91. The van der Waals surface area contributed by atoms with Gasteiger partial charge in [0.05, 0.1) is 6.54 Å². The number of hydrogen-bond donors (Lipinski definition) is 1. The van der Waals surface area contributed by atoms with Gasteiger partial charge in [-0.1, -0.05) is 23.5 Å². The third kappa shape index (κ3) is 3.48. The summed E-state index contributed by atoms with van der Waals surface area (Å²) < 4.78 is 12.8. The zero-order valence-corrected chi connectivity index (χ0v) is 11.2. The third-order valence-electron chi connectivity index (χ3n) is 2.45. The molecule has 0 unspecified atom stereocenters. The van der Waals surface area contributed by atoms with Crippen molar-refractivity contribution in [3.05, 3.63) is 40.7 Å². The average molecular weight is 266 g/mol. The molecule has 0 bridgehead atoms. The zero-order valence-electron chi connectivity index (χ0n) is 10.4. The number of aromatic nitrogens is 2. The van der Waals surface area contributed by atoms with Crippen LogP contribution in [0, 0.1) is 5.82 Å². The van der Waals surface area contributed by atoms with Gasteiger partial charge in [0.15, 0.2) is 0 Å². The Morgan fingerprint density at radius 1 is 1.22 bits per heavy atom. The van der Waals surface area contributed by atoms with Gasteiger partial charge in [0.1, 0.15) is 10.8 Å². The SMILES string of the molecule is CNc1nnc(CN(C)Cc2ccc(F)cc2)s1. The second-order valence-electron chi connectivity index (χ2n) is 4.05. The van der Waals surface area contributed by atoms with Crippen LogP contribution in [0.2, 0.25) is 0 Å². The molecule has 1 N–H and O–H groups in total. The summed E-state index contributed by atoms with van der Waals surface area (Å²) in [5.41, 5.74) is 1.08. The lowest BCUT2D eigenvalue weighted by Gasteiger charge is -2.14. The smallest absolute Gasteiger partial charge is 0.205 e. The van der Waals surface area contributed by atoms with Crippen molar-refractivity contribution in [3.8, 4) is 0 Å². The van der Waals surface area contributed by atoms with Gasteiger partial charge in [-0.15, -0.1) is 10.2 Å². The van der Waals surface area contributed by atoms with Crippen molar-refractivity contribution in [2.45, 2.75) is 13.1 Å². The largest absolute Gasteiger partial charge is 0.363 e. The van der Waals surface area contributed by atoms with E-state index in [1.807, 2.05) is 14.1 Å². The topological polar surface area (TPSA) is 41.1 Å². The number of benzene rings is 1. The van der Waals surface area contributed by atoms with Crippen LogP contribution in [-0.2, 0) is 13.1 Å². The Kier molecular flexibility index (Phi) is 4.22. The number of rotatable bonds is 5. The zero-order chi connectivity index (χ0) is 13.0. The van der Waals surface area contributed by atoms with Crippen LogP contribution in [0.4, 0.5) is 9.52 Å². The lowest BCUT2D eigenvalue weighted by atomic mass is 10.2. The Labute approximate surface area is 109 Å². The van der Waals surface area contributed by atoms with E-state index in [9.17, 15) is 4.39 Å². The molecule has 0 aliphatic heterocycles. The highest BCUT2D eigenvalue weighted by Gasteiger charge is 2.07. The van der Waals surface area contributed by atoms with Gasteiger partial charge in [-0.3, -0.25) is 4.90 Å². The van der Waals surface area contributed by atoms with Crippen molar-refractivity contribution in [3.63, 3.8) is 0 Å². The molecule has 6 heteroatoms. The van der Waals surface area contributed by atoms with Gasteiger partial charge in [-0.2, -0.15) is 0 Å². The molecule has 0 aliphatic rings. The molecule has 0 atom stereocenters. The highest BCUT2D eigenvalue weighted by Crippen LogP contribution is 2.16. The summed E-state index contributed by atoms with van der Waals surface area (Å²) >= 11 is 1.54. The van der Waals surface area contributed by atoms with E-state index in [0.29, 0.717) is 0 Å². The Bertz CT molecular complexity index is 497. The van der Waals surface area contributed by atoms with E-state index in [1.54, 1.807) is 12.1 Å². The van der Waals surface area contributed by atoms with E-state index < -0.39 is 0 Å². The first-order valence-corrected chi connectivity index (χ1v) is 6.42. The first-order chi connectivity index (χ1) is 8.67. The van der Waals surface area contributed by atoms with Crippen molar-refractivity contribution >= 4 is 16.5 Å². The summed E-state index contributed by atoms with van der Waals surface area (Å²) in [6, 6.07) is 6.55. The molecule has 0 amide bonds. The number of hydrogen-bond acceptors (Lipinski definition) is 5. The molecular formula is C12H15FN4S. The molecule has 1 heterocycles. The van der Waals surface area contributed by atoms with E-state index in [4.69, 9.17) is 0 Å². The molecule has 2 aromatic rings.